The van der Waals surface area contributed by atoms with Crippen LogP contribution in [-0.2, 0) is 0 Å². The Morgan fingerprint density at radius 2 is 1.23 bits per heavy atom. The van der Waals surface area contributed by atoms with Gasteiger partial charge in [-0.15, -0.1) is 0 Å². The van der Waals surface area contributed by atoms with E-state index in [0.717, 1.165) is 4.48 Å². The maximum atomic E-state index is 2.16. The predicted molar refractivity (Wildman–Crippen MR) is 49.9 cm³/mol. The Labute approximate surface area is 102 Å². The molecule has 0 bridgehead atoms. The van der Waals surface area contributed by atoms with Crippen molar-refractivity contribution in [2.75, 3.05) is 21.1 Å². The van der Waals surface area contributed by atoms with Crippen molar-refractivity contribution >= 4 is 5.69 Å². The zero-order valence-electron chi connectivity index (χ0n) is 8.73. The number of benzene rings is 1. The molecule has 1 aromatic carbocycles. The van der Waals surface area contributed by atoms with Crippen molar-refractivity contribution in [3.05, 3.63) is 30.3 Å². The van der Waals surface area contributed by atoms with Crippen molar-refractivity contribution in [3.63, 3.8) is 0 Å². The smallest absolute Gasteiger partial charge is 0.870 e. The van der Waals surface area contributed by atoms with Gasteiger partial charge in [-0.1, -0.05) is 18.2 Å². The van der Waals surface area contributed by atoms with Gasteiger partial charge in [0.1, 0.15) is 5.69 Å². The molecular weight excluding hydrogens is 177 g/mol. The third-order valence-electron chi connectivity index (χ3n) is 1.53. The first kappa shape index (κ1) is 18.8. The summed E-state index contributed by atoms with van der Waals surface area (Å²) < 4.78 is 0.890. The van der Waals surface area contributed by atoms with Crippen LogP contribution in [0.25, 0.3) is 0 Å². The monoisotopic (exact) mass is 193 g/mol. The minimum atomic E-state index is 0. The zero-order valence-corrected chi connectivity index (χ0v) is 10.7. The molecule has 0 atom stereocenters. The molecule has 0 saturated heterocycles. The summed E-state index contributed by atoms with van der Waals surface area (Å²) in [4.78, 5) is 0. The molecule has 0 spiro atoms. The minimum Gasteiger partial charge on any atom is -0.870 e. The minimum absolute atomic E-state index is 0. The number of para-hydroxylation sites is 1. The zero-order chi connectivity index (χ0) is 7.61. The van der Waals surface area contributed by atoms with Crippen LogP contribution in [0, 0.1) is 0 Å². The molecule has 0 aliphatic carbocycles. The average Bonchev–Trinajstić information content (AvgIpc) is 1.88. The summed E-state index contributed by atoms with van der Waals surface area (Å²) in [5.74, 6) is 0. The molecule has 0 radical (unpaired) electrons. The van der Waals surface area contributed by atoms with E-state index in [1.165, 1.54) is 5.69 Å². The fourth-order valence-corrected chi connectivity index (χ4v) is 0.875. The Bertz CT molecular complexity index is 209. The van der Waals surface area contributed by atoms with Crippen LogP contribution in [0.5, 0.6) is 0 Å². The van der Waals surface area contributed by atoms with Gasteiger partial charge >= 0.3 is 29.6 Å². The molecule has 3 nitrogen and oxygen atoms in total. The summed E-state index contributed by atoms with van der Waals surface area (Å²) in [5.41, 5.74) is 1.34. The van der Waals surface area contributed by atoms with Gasteiger partial charge in [0, 0.05) is 0 Å². The summed E-state index contributed by atoms with van der Waals surface area (Å²) in [7, 11) is 6.49. The van der Waals surface area contributed by atoms with E-state index in [1.54, 1.807) is 0 Å². The largest absolute Gasteiger partial charge is 1.00 e. The van der Waals surface area contributed by atoms with Gasteiger partial charge in [-0.3, -0.25) is 4.48 Å². The number of hydrogen-bond acceptors (Lipinski definition) is 2. The van der Waals surface area contributed by atoms with Crippen molar-refractivity contribution in [3.8, 4) is 0 Å². The van der Waals surface area contributed by atoms with E-state index in [1.807, 2.05) is 6.07 Å². The first-order valence-electron chi connectivity index (χ1n) is 3.48. The van der Waals surface area contributed by atoms with Gasteiger partial charge in [-0.05, 0) is 12.1 Å². The molecule has 0 aromatic heterocycles. The van der Waals surface area contributed by atoms with Crippen LogP contribution in [0.4, 0.5) is 5.69 Å². The van der Waals surface area contributed by atoms with Crippen molar-refractivity contribution in [2.24, 2.45) is 0 Å². The molecule has 1 aromatic rings. The molecule has 13 heavy (non-hydrogen) atoms. The number of rotatable bonds is 1. The van der Waals surface area contributed by atoms with Gasteiger partial charge in [0.25, 0.3) is 0 Å². The van der Waals surface area contributed by atoms with E-state index in [9.17, 15) is 0 Å². The van der Waals surface area contributed by atoms with E-state index in [4.69, 9.17) is 0 Å². The molecule has 2 N–H and O–H groups in total. The molecule has 0 aliphatic rings. The molecule has 70 valence electrons. The summed E-state index contributed by atoms with van der Waals surface area (Å²) in [5, 5.41) is 0. The second-order valence-corrected chi connectivity index (χ2v) is 3.35. The van der Waals surface area contributed by atoms with Crippen LogP contribution in [0.1, 0.15) is 0 Å². The molecule has 0 fully saturated rings. The quantitative estimate of drug-likeness (QED) is 0.404. The van der Waals surface area contributed by atoms with Gasteiger partial charge in [-0.25, -0.2) is 0 Å². The third kappa shape index (κ3) is 6.21. The van der Waals surface area contributed by atoms with Crippen molar-refractivity contribution < 1.29 is 40.5 Å². The Balaban J connectivity index is -0.000000333. The molecule has 0 aliphatic heterocycles. The van der Waals surface area contributed by atoms with Crippen molar-refractivity contribution in [2.45, 2.75) is 0 Å². The molecule has 0 amide bonds. The maximum Gasteiger partial charge on any atom is 1.00 e. The summed E-state index contributed by atoms with van der Waals surface area (Å²) >= 11 is 0. The van der Waals surface area contributed by atoms with Crippen LogP contribution in [0.15, 0.2) is 30.3 Å². The maximum absolute atomic E-state index is 2.16. The molecule has 0 heterocycles. The Hall–Kier alpha value is 0.1000. The van der Waals surface area contributed by atoms with Gasteiger partial charge in [0.2, 0.25) is 0 Å². The van der Waals surface area contributed by atoms with E-state index in [0.29, 0.717) is 0 Å². The second-order valence-electron chi connectivity index (χ2n) is 3.35. The van der Waals surface area contributed by atoms with Crippen LogP contribution < -0.4 is 34.0 Å². The van der Waals surface area contributed by atoms with E-state index in [2.05, 4.69) is 45.4 Å². The SMILES string of the molecule is C[N+](C)(C)c1ccccc1.[Na+].[OH-].[OH-]. The normalized spacial score (nSPS) is 8.85. The Kier molecular flexibility index (Phi) is 10.8. The summed E-state index contributed by atoms with van der Waals surface area (Å²) in [6.07, 6.45) is 0. The second kappa shape index (κ2) is 7.50. The number of hydrogen-bond donors (Lipinski definition) is 0. The first-order valence-corrected chi connectivity index (χ1v) is 3.48. The molecule has 0 saturated carbocycles. The Morgan fingerprint density at radius 3 is 1.46 bits per heavy atom. The molecule has 1 rings (SSSR count). The molecular formula is C9H16NNaO2. The van der Waals surface area contributed by atoms with Crippen LogP contribution in [-0.4, -0.2) is 32.1 Å². The van der Waals surface area contributed by atoms with Crippen LogP contribution in [0.3, 0.4) is 0 Å². The third-order valence-corrected chi connectivity index (χ3v) is 1.53. The topological polar surface area (TPSA) is 60.0 Å². The van der Waals surface area contributed by atoms with Gasteiger partial charge in [0.05, 0.1) is 21.1 Å². The van der Waals surface area contributed by atoms with Gasteiger partial charge in [-0.2, -0.15) is 0 Å². The number of quaternary nitrogens is 1. The van der Waals surface area contributed by atoms with E-state index < -0.39 is 0 Å². The van der Waals surface area contributed by atoms with E-state index in [-0.39, 0.29) is 40.5 Å². The van der Waals surface area contributed by atoms with Gasteiger partial charge in [0.15, 0.2) is 0 Å². The van der Waals surface area contributed by atoms with Crippen LogP contribution in [0.2, 0.25) is 0 Å². The average molecular weight is 193 g/mol. The summed E-state index contributed by atoms with van der Waals surface area (Å²) in [6.45, 7) is 0. The standard InChI is InChI=1S/C9H14N.Na.2H2O/c1-10(2,3)9-7-5-4-6-8-9;;;/h4-8H,1-3H3;;2*1H2/q2*+1;;/p-2. The molecule has 0 unspecified atom stereocenters. The fraction of sp³-hybridized carbons (Fsp3) is 0.333. The first-order chi connectivity index (χ1) is 4.61. The molecule has 4 heteroatoms. The van der Waals surface area contributed by atoms with Crippen molar-refractivity contribution in [1.82, 2.24) is 4.48 Å². The van der Waals surface area contributed by atoms with E-state index >= 15 is 0 Å². The summed E-state index contributed by atoms with van der Waals surface area (Å²) in [6, 6.07) is 10.5. The fourth-order valence-electron chi connectivity index (χ4n) is 0.875. The number of nitrogens with zero attached hydrogens (tertiary/aromatic N) is 1. The Morgan fingerprint density at radius 1 is 0.846 bits per heavy atom. The predicted octanol–water partition coefficient (Wildman–Crippen LogP) is -1.47. The van der Waals surface area contributed by atoms with Gasteiger partial charge < -0.3 is 11.0 Å². The van der Waals surface area contributed by atoms with Crippen molar-refractivity contribution in [1.29, 1.82) is 0 Å². The van der Waals surface area contributed by atoms with Crippen LogP contribution >= 0.6 is 0 Å².